The lowest BCUT2D eigenvalue weighted by Gasteiger charge is -2.29. The highest BCUT2D eigenvalue weighted by Gasteiger charge is 2.29. The van der Waals surface area contributed by atoms with Crippen LogP contribution in [0.5, 0.6) is 0 Å². The van der Waals surface area contributed by atoms with Crippen LogP contribution < -0.4 is 5.32 Å². The third-order valence-electron chi connectivity index (χ3n) is 4.14. The molecular formula is C18H21N3O3. The summed E-state index contributed by atoms with van der Waals surface area (Å²) in [7, 11) is 0. The van der Waals surface area contributed by atoms with Crippen molar-refractivity contribution < 1.29 is 14.0 Å². The summed E-state index contributed by atoms with van der Waals surface area (Å²) in [6.07, 6.45) is 1.20. The summed E-state index contributed by atoms with van der Waals surface area (Å²) in [4.78, 5) is 30.1. The molecule has 2 heterocycles. The minimum absolute atomic E-state index is 0.0670. The van der Waals surface area contributed by atoms with Crippen LogP contribution in [0.4, 0.5) is 0 Å². The Morgan fingerprint density at radius 2 is 2.08 bits per heavy atom. The number of nitrogens with zero attached hydrogens (tertiary/aromatic N) is 2. The molecule has 0 aliphatic carbocycles. The molecule has 0 fully saturated rings. The second kappa shape index (κ2) is 6.86. The van der Waals surface area contributed by atoms with E-state index in [9.17, 15) is 9.59 Å². The maximum atomic E-state index is 12.6. The first kappa shape index (κ1) is 16.2. The van der Waals surface area contributed by atoms with Crippen molar-refractivity contribution in [3.63, 3.8) is 0 Å². The quantitative estimate of drug-likeness (QED) is 0.933. The van der Waals surface area contributed by atoms with E-state index in [1.54, 1.807) is 4.90 Å². The molecule has 1 unspecified atom stereocenters. The van der Waals surface area contributed by atoms with Gasteiger partial charge in [-0.05, 0) is 18.6 Å². The van der Waals surface area contributed by atoms with E-state index >= 15 is 0 Å². The van der Waals surface area contributed by atoms with E-state index in [1.165, 1.54) is 6.92 Å². The van der Waals surface area contributed by atoms with Crippen molar-refractivity contribution in [2.45, 2.75) is 39.3 Å². The maximum absolute atomic E-state index is 12.6. The number of benzene rings is 1. The van der Waals surface area contributed by atoms with Gasteiger partial charge in [0.2, 0.25) is 17.7 Å². The van der Waals surface area contributed by atoms with Gasteiger partial charge in [0.25, 0.3) is 0 Å². The zero-order valence-corrected chi connectivity index (χ0v) is 13.9. The van der Waals surface area contributed by atoms with Crippen LogP contribution in [0.15, 0.2) is 34.7 Å². The Bertz CT molecular complexity index is 739. The molecule has 2 amide bonds. The standard InChI is InChI=1S/C18H21N3O3/c1-3-14(19-12(2)22)18(23)21-10-9-16-15(11-21)20-17(24-16)13-7-5-4-6-8-13/h4-8,14H,3,9-11H2,1-2H3,(H,19,22). The van der Waals surface area contributed by atoms with Crippen LogP contribution in [-0.2, 0) is 22.6 Å². The number of hydrogen-bond donors (Lipinski definition) is 1. The van der Waals surface area contributed by atoms with Gasteiger partial charge in [-0.1, -0.05) is 25.1 Å². The highest BCUT2D eigenvalue weighted by atomic mass is 16.4. The first-order valence-electron chi connectivity index (χ1n) is 8.18. The second-order valence-corrected chi connectivity index (χ2v) is 5.93. The van der Waals surface area contributed by atoms with Gasteiger partial charge >= 0.3 is 0 Å². The van der Waals surface area contributed by atoms with E-state index in [-0.39, 0.29) is 11.8 Å². The number of fused-ring (bicyclic) bond motifs is 1. The van der Waals surface area contributed by atoms with Gasteiger partial charge in [0.1, 0.15) is 17.5 Å². The van der Waals surface area contributed by atoms with E-state index < -0.39 is 6.04 Å². The molecule has 0 radical (unpaired) electrons. The first-order valence-corrected chi connectivity index (χ1v) is 8.18. The van der Waals surface area contributed by atoms with Gasteiger partial charge in [-0.2, -0.15) is 0 Å². The highest BCUT2D eigenvalue weighted by Crippen LogP contribution is 2.26. The van der Waals surface area contributed by atoms with Crippen LogP contribution in [0.1, 0.15) is 31.7 Å². The van der Waals surface area contributed by atoms with E-state index in [1.807, 2.05) is 37.3 Å². The number of oxazole rings is 1. The topological polar surface area (TPSA) is 75.4 Å². The summed E-state index contributed by atoms with van der Waals surface area (Å²) in [5.74, 6) is 1.16. The van der Waals surface area contributed by atoms with Crippen molar-refractivity contribution in [2.75, 3.05) is 6.54 Å². The summed E-state index contributed by atoms with van der Waals surface area (Å²) in [6.45, 7) is 4.30. The molecule has 6 heteroatoms. The van der Waals surface area contributed by atoms with Crippen LogP contribution in [0.2, 0.25) is 0 Å². The van der Waals surface area contributed by atoms with Gasteiger partial charge < -0.3 is 14.6 Å². The molecule has 1 aliphatic heterocycles. The van der Waals surface area contributed by atoms with Gasteiger partial charge in [-0.25, -0.2) is 4.98 Å². The highest BCUT2D eigenvalue weighted by molar-refractivity contribution is 5.86. The SMILES string of the molecule is CCC(NC(C)=O)C(=O)N1CCc2oc(-c3ccccc3)nc2C1. The van der Waals surface area contributed by atoms with Gasteiger partial charge in [0, 0.05) is 25.5 Å². The smallest absolute Gasteiger partial charge is 0.245 e. The third-order valence-corrected chi connectivity index (χ3v) is 4.14. The van der Waals surface area contributed by atoms with Gasteiger partial charge in [-0.15, -0.1) is 0 Å². The van der Waals surface area contributed by atoms with Gasteiger partial charge in [0.05, 0.1) is 6.54 Å². The Hall–Kier alpha value is -2.63. The average molecular weight is 327 g/mol. The lowest BCUT2D eigenvalue weighted by molar-refractivity contribution is -0.137. The fourth-order valence-electron chi connectivity index (χ4n) is 2.90. The number of hydrogen-bond acceptors (Lipinski definition) is 4. The van der Waals surface area contributed by atoms with Crippen molar-refractivity contribution in [1.82, 2.24) is 15.2 Å². The van der Waals surface area contributed by atoms with Gasteiger partial charge in [-0.3, -0.25) is 9.59 Å². The second-order valence-electron chi connectivity index (χ2n) is 5.93. The molecule has 1 N–H and O–H groups in total. The Kier molecular flexibility index (Phi) is 4.64. The van der Waals surface area contributed by atoms with Crippen molar-refractivity contribution in [2.24, 2.45) is 0 Å². The molecule has 24 heavy (non-hydrogen) atoms. The molecule has 3 rings (SSSR count). The van der Waals surface area contributed by atoms with Crippen molar-refractivity contribution in [1.29, 1.82) is 0 Å². The molecule has 2 aromatic rings. The van der Waals surface area contributed by atoms with Crippen LogP contribution in [0.3, 0.4) is 0 Å². The lowest BCUT2D eigenvalue weighted by Crippen LogP contribution is -2.49. The molecule has 0 spiro atoms. The maximum Gasteiger partial charge on any atom is 0.245 e. The van der Waals surface area contributed by atoms with E-state index in [2.05, 4.69) is 10.3 Å². The zero-order chi connectivity index (χ0) is 17.1. The number of nitrogens with one attached hydrogen (secondary N) is 1. The Morgan fingerprint density at radius 1 is 1.33 bits per heavy atom. The predicted molar refractivity (Wildman–Crippen MR) is 89.0 cm³/mol. The minimum Gasteiger partial charge on any atom is -0.441 e. The number of amides is 2. The van der Waals surface area contributed by atoms with Crippen molar-refractivity contribution >= 4 is 11.8 Å². The summed E-state index contributed by atoms with van der Waals surface area (Å²) in [6, 6.07) is 9.24. The first-order chi connectivity index (χ1) is 11.6. The largest absolute Gasteiger partial charge is 0.441 e. The normalized spacial score (nSPS) is 14.8. The Balaban J connectivity index is 1.76. The molecule has 1 atom stereocenters. The van der Waals surface area contributed by atoms with E-state index in [0.717, 1.165) is 17.0 Å². The number of aromatic nitrogens is 1. The molecule has 1 aromatic carbocycles. The molecular weight excluding hydrogens is 306 g/mol. The molecule has 126 valence electrons. The van der Waals surface area contributed by atoms with Crippen LogP contribution in [0.25, 0.3) is 11.5 Å². The van der Waals surface area contributed by atoms with Crippen LogP contribution in [-0.4, -0.2) is 34.3 Å². The molecule has 1 aliphatic rings. The lowest BCUT2D eigenvalue weighted by atomic mass is 10.1. The fourth-order valence-corrected chi connectivity index (χ4v) is 2.90. The van der Waals surface area contributed by atoms with Crippen LogP contribution in [0, 0.1) is 0 Å². The monoisotopic (exact) mass is 327 g/mol. The summed E-state index contributed by atoms with van der Waals surface area (Å²) >= 11 is 0. The Labute approximate surface area is 140 Å². The number of rotatable bonds is 4. The zero-order valence-electron chi connectivity index (χ0n) is 13.9. The van der Waals surface area contributed by atoms with Crippen LogP contribution >= 0.6 is 0 Å². The molecule has 0 saturated heterocycles. The fraction of sp³-hybridized carbons (Fsp3) is 0.389. The van der Waals surface area contributed by atoms with Gasteiger partial charge in [0.15, 0.2) is 0 Å². The van der Waals surface area contributed by atoms with Crippen molar-refractivity contribution in [3.8, 4) is 11.5 Å². The molecule has 0 saturated carbocycles. The molecule has 6 nitrogen and oxygen atoms in total. The van der Waals surface area contributed by atoms with Crippen molar-refractivity contribution in [3.05, 3.63) is 41.8 Å². The third kappa shape index (κ3) is 3.32. The average Bonchev–Trinajstić information content (AvgIpc) is 3.03. The predicted octanol–water partition coefficient (Wildman–Crippen LogP) is 2.14. The summed E-state index contributed by atoms with van der Waals surface area (Å²) in [5, 5.41) is 2.71. The number of carbonyl (C=O) groups is 2. The van der Waals surface area contributed by atoms with E-state index in [4.69, 9.17) is 4.42 Å². The summed E-state index contributed by atoms with van der Waals surface area (Å²) in [5.41, 5.74) is 1.72. The summed E-state index contributed by atoms with van der Waals surface area (Å²) < 4.78 is 5.85. The number of carbonyl (C=O) groups excluding carboxylic acids is 2. The molecule has 0 bridgehead atoms. The minimum atomic E-state index is -0.482. The molecule has 1 aromatic heterocycles. The van der Waals surface area contributed by atoms with E-state index in [0.29, 0.717) is 31.8 Å². The Morgan fingerprint density at radius 3 is 2.75 bits per heavy atom.